The second-order valence-electron chi connectivity index (χ2n) is 3.56. The molecule has 3 aromatic rings. The number of imidazole rings is 1. The average Bonchev–Trinajstić information content (AvgIpc) is 2.79. The van der Waals surface area contributed by atoms with Gasteiger partial charge in [-0.2, -0.15) is 0 Å². The van der Waals surface area contributed by atoms with E-state index in [9.17, 15) is 0 Å². The van der Waals surface area contributed by atoms with Crippen molar-refractivity contribution in [2.45, 2.75) is 6.92 Å². The molecule has 0 radical (unpaired) electrons. The van der Waals surface area contributed by atoms with Crippen LogP contribution in [0.4, 0.5) is 5.82 Å². The monoisotopic (exact) mass is 230 g/mol. The molecule has 0 amide bonds. The van der Waals surface area contributed by atoms with E-state index in [0.29, 0.717) is 5.82 Å². The third-order valence-corrected chi connectivity index (χ3v) is 3.28. The molecule has 0 saturated carbocycles. The van der Waals surface area contributed by atoms with Gasteiger partial charge in [0.1, 0.15) is 11.5 Å². The van der Waals surface area contributed by atoms with Crippen molar-refractivity contribution in [2.24, 2.45) is 0 Å². The van der Waals surface area contributed by atoms with Gasteiger partial charge in [0.2, 0.25) is 0 Å². The van der Waals surface area contributed by atoms with Crippen LogP contribution in [-0.4, -0.2) is 14.4 Å². The molecule has 16 heavy (non-hydrogen) atoms. The van der Waals surface area contributed by atoms with E-state index in [-0.39, 0.29) is 0 Å². The first kappa shape index (κ1) is 9.35. The number of aryl methyl sites for hydroxylation is 1. The first-order chi connectivity index (χ1) is 7.75. The highest BCUT2D eigenvalue weighted by Crippen LogP contribution is 2.28. The van der Waals surface area contributed by atoms with Crippen molar-refractivity contribution in [2.75, 3.05) is 5.73 Å². The van der Waals surface area contributed by atoms with Crippen LogP contribution in [0.25, 0.3) is 16.3 Å². The summed E-state index contributed by atoms with van der Waals surface area (Å²) >= 11 is 1.63. The zero-order valence-corrected chi connectivity index (χ0v) is 9.53. The van der Waals surface area contributed by atoms with Gasteiger partial charge in [0.05, 0.1) is 5.69 Å². The topological polar surface area (TPSA) is 56.2 Å². The molecule has 4 nitrogen and oxygen atoms in total. The Labute approximate surface area is 96.4 Å². The Hall–Kier alpha value is -1.88. The lowest BCUT2D eigenvalue weighted by atomic mass is 10.3. The standard InChI is InChI=1S/C11H10N4S/c1-7-6-15-10(12)9(14-11(15)16-7)8-4-2-3-5-13-8/h2-6H,12H2,1H3. The zero-order valence-electron chi connectivity index (χ0n) is 8.71. The second kappa shape index (κ2) is 3.31. The van der Waals surface area contributed by atoms with Gasteiger partial charge in [-0.15, -0.1) is 11.3 Å². The molecule has 0 spiro atoms. The van der Waals surface area contributed by atoms with E-state index in [1.807, 2.05) is 35.7 Å². The van der Waals surface area contributed by atoms with Crippen molar-refractivity contribution in [1.29, 1.82) is 0 Å². The van der Waals surface area contributed by atoms with Crippen molar-refractivity contribution in [1.82, 2.24) is 14.4 Å². The van der Waals surface area contributed by atoms with E-state index < -0.39 is 0 Å². The number of hydrogen-bond acceptors (Lipinski definition) is 4. The molecule has 3 rings (SSSR count). The molecule has 3 aromatic heterocycles. The summed E-state index contributed by atoms with van der Waals surface area (Å²) in [7, 11) is 0. The Kier molecular flexibility index (Phi) is 1.94. The van der Waals surface area contributed by atoms with Crippen molar-refractivity contribution in [3.63, 3.8) is 0 Å². The number of nitrogens with two attached hydrogens (primary N) is 1. The van der Waals surface area contributed by atoms with Gasteiger partial charge in [0.15, 0.2) is 4.96 Å². The quantitative estimate of drug-likeness (QED) is 0.698. The minimum atomic E-state index is 0.651. The molecule has 0 bridgehead atoms. The lowest BCUT2D eigenvalue weighted by Gasteiger charge is -1.96. The van der Waals surface area contributed by atoms with Crippen LogP contribution >= 0.6 is 11.3 Å². The number of hydrogen-bond donors (Lipinski definition) is 1. The SMILES string of the molecule is Cc1cn2c(N)c(-c3ccccn3)nc2s1. The molecular formula is C11H10N4S. The predicted molar refractivity (Wildman–Crippen MR) is 65.4 cm³/mol. The lowest BCUT2D eigenvalue weighted by molar-refractivity contribution is 1.22. The minimum Gasteiger partial charge on any atom is -0.383 e. The van der Waals surface area contributed by atoms with Gasteiger partial charge in [-0.25, -0.2) is 4.98 Å². The molecular weight excluding hydrogens is 220 g/mol. The Balaban J connectivity index is 2.25. The van der Waals surface area contributed by atoms with Crippen LogP contribution in [0.1, 0.15) is 4.88 Å². The first-order valence-corrected chi connectivity index (χ1v) is 5.73. The highest BCUT2D eigenvalue weighted by Gasteiger charge is 2.13. The summed E-state index contributed by atoms with van der Waals surface area (Å²) in [6.07, 6.45) is 3.74. The largest absolute Gasteiger partial charge is 0.383 e. The molecule has 3 heterocycles. The van der Waals surface area contributed by atoms with E-state index in [2.05, 4.69) is 9.97 Å². The number of aromatic nitrogens is 3. The Morgan fingerprint density at radius 1 is 1.38 bits per heavy atom. The van der Waals surface area contributed by atoms with Gasteiger partial charge in [0, 0.05) is 17.3 Å². The number of nitrogens with zero attached hydrogens (tertiary/aromatic N) is 3. The van der Waals surface area contributed by atoms with Crippen LogP contribution in [-0.2, 0) is 0 Å². The van der Waals surface area contributed by atoms with E-state index in [1.54, 1.807) is 17.5 Å². The third-order valence-electron chi connectivity index (χ3n) is 2.39. The van der Waals surface area contributed by atoms with E-state index in [4.69, 9.17) is 5.73 Å². The fraction of sp³-hybridized carbons (Fsp3) is 0.0909. The molecule has 0 aromatic carbocycles. The minimum absolute atomic E-state index is 0.651. The highest BCUT2D eigenvalue weighted by atomic mass is 32.1. The van der Waals surface area contributed by atoms with Gasteiger partial charge in [-0.3, -0.25) is 9.38 Å². The van der Waals surface area contributed by atoms with Crippen molar-refractivity contribution in [3.8, 4) is 11.4 Å². The Bertz CT molecular complexity index is 639. The van der Waals surface area contributed by atoms with E-state index in [1.165, 1.54) is 4.88 Å². The molecule has 2 N–H and O–H groups in total. The summed E-state index contributed by atoms with van der Waals surface area (Å²) in [6, 6.07) is 5.72. The smallest absolute Gasteiger partial charge is 0.196 e. The number of fused-ring (bicyclic) bond motifs is 1. The third kappa shape index (κ3) is 1.29. The predicted octanol–water partition coefficient (Wildman–Crippen LogP) is 2.35. The fourth-order valence-corrected chi connectivity index (χ4v) is 2.50. The van der Waals surface area contributed by atoms with Crippen LogP contribution in [0.2, 0.25) is 0 Å². The zero-order chi connectivity index (χ0) is 11.1. The molecule has 0 atom stereocenters. The van der Waals surface area contributed by atoms with Gasteiger partial charge in [-0.05, 0) is 19.1 Å². The number of rotatable bonds is 1. The van der Waals surface area contributed by atoms with Crippen LogP contribution in [0, 0.1) is 6.92 Å². The maximum absolute atomic E-state index is 6.05. The van der Waals surface area contributed by atoms with Gasteiger partial charge >= 0.3 is 0 Å². The molecule has 5 heteroatoms. The molecule has 0 aliphatic carbocycles. The summed E-state index contributed by atoms with van der Waals surface area (Å²) in [5.74, 6) is 0.651. The number of thiazole rings is 1. The number of anilines is 1. The van der Waals surface area contributed by atoms with Crippen molar-refractivity contribution in [3.05, 3.63) is 35.5 Å². The fourth-order valence-electron chi connectivity index (χ4n) is 1.66. The second-order valence-corrected chi connectivity index (χ2v) is 4.77. The summed E-state index contributed by atoms with van der Waals surface area (Å²) in [5, 5.41) is 0. The molecule has 0 fully saturated rings. The van der Waals surface area contributed by atoms with Gasteiger partial charge in [0.25, 0.3) is 0 Å². The van der Waals surface area contributed by atoms with Crippen molar-refractivity contribution >= 4 is 22.1 Å². The first-order valence-electron chi connectivity index (χ1n) is 4.91. The van der Waals surface area contributed by atoms with E-state index in [0.717, 1.165) is 16.3 Å². The van der Waals surface area contributed by atoms with Crippen molar-refractivity contribution < 1.29 is 0 Å². The van der Waals surface area contributed by atoms with Crippen LogP contribution < -0.4 is 5.73 Å². The van der Waals surface area contributed by atoms with Gasteiger partial charge < -0.3 is 5.73 Å². The number of nitrogen functional groups attached to an aromatic ring is 1. The molecule has 0 saturated heterocycles. The normalized spacial score (nSPS) is 11.1. The van der Waals surface area contributed by atoms with Crippen LogP contribution in [0.3, 0.4) is 0 Å². The molecule has 80 valence electrons. The van der Waals surface area contributed by atoms with Crippen LogP contribution in [0.15, 0.2) is 30.6 Å². The Morgan fingerprint density at radius 2 is 2.25 bits per heavy atom. The van der Waals surface area contributed by atoms with Crippen LogP contribution in [0.5, 0.6) is 0 Å². The highest BCUT2D eigenvalue weighted by molar-refractivity contribution is 7.17. The van der Waals surface area contributed by atoms with E-state index >= 15 is 0 Å². The maximum Gasteiger partial charge on any atom is 0.196 e. The summed E-state index contributed by atoms with van der Waals surface area (Å²) in [4.78, 5) is 10.9. The maximum atomic E-state index is 6.05. The summed E-state index contributed by atoms with van der Waals surface area (Å²) in [5.41, 5.74) is 7.62. The van der Waals surface area contributed by atoms with Gasteiger partial charge in [-0.1, -0.05) is 6.07 Å². The average molecular weight is 230 g/mol. The molecule has 0 unspecified atom stereocenters. The molecule has 0 aliphatic heterocycles. The molecule has 0 aliphatic rings. The summed E-state index contributed by atoms with van der Waals surface area (Å²) in [6.45, 7) is 2.04. The summed E-state index contributed by atoms with van der Waals surface area (Å²) < 4.78 is 1.91. The number of pyridine rings is 1. The lowest BCUT2D eigenvalue weighted by Crippen LogP contribution is -1.93. The Morgan fingerprint density at radius 3 is 2.94 bits per heavy atom.